The molecule has 2 heteroatoms. The molecule has 2 N–H and O–H groups in total. The molecule has 0 radical (unpaired) electrons. The molecule has 0 bridgehead atoms. The summed E-state index contributed by atoms with van der Waals surface area (Å²) in [6, 6.07) is 0. The molecule has 56 valence electrons. The Morgan fingerprint density at radius 3 is 2.11 bits per heavy atom. The summed E-state index contributed by atoms with van der Waals surface area (Å²) in [5, 5.41) is 17.8. The Morgan fingerprint density at radius 1 is 1.44 bits per heavy atom. The Balaban J connectivity index is 4.57. The van der Waals surface area contributed by atoms with E-state index in [1.165, 1.54) is 0 Å². The predicted octanol–water partition coefficient (Wildman–Crippen LogP) is 0.777. The van der Waals surface area contributed by atoms with E-state index >= 15 is 0 Å². The van der Waals surface area contributed by atoms with E-state index in [0.717, 1.165) is 0 Å². The molecule has 0 atom stereocenters. The predicted molar refractivity (Wildman–Crippen MR) is 37.2 cm³/mol. The van der Waals surface area contributed by atoms with Crippen molar-refractivity contribution in [3.05, 3.63) is 0 Å². The van der Waals surface area contributed by atoms with Gasteiger partial charge < -0.3 is 10.2 Å². The molecule has 0 spiro atoms. The fraction of sp³-hybridized carbons (Fsp3) is 1.00. The Labute approximate surface area is 60.7 Å². The molecule has 0 aromatic rings. The third-order valence-electron chi connectivity index (χ3n) is 1.33. The molecule has 0 saturated heterocycles. The highest BCUT2D eigenvalue weighted by molar-refractivity contribution is 4.70. The molecule has 9 heavy (non-hydrogen) atoms. The molecule has 0 aliphatic heterocycles. The molecular formula is C7H16O2. The van der Waals surface area contributed by atoms with Crippen molar-refractivity contribution in [1.82, 2.24) is 0 Å². The number of rotatable bonds is 4. The SMILES string of the molecule is [2H]C([2H])([2H])C(CO)(CO)CCC. The van der Waals surface area contributed by atoms with E-state index in [0.29, 0.717) is 12.8 Å². The number of aliphatic hydroxyl groups is 2. The quantitative estimate of drug-likeness (QED) is 0.598. The summed E-state index contributed by atoms with van der Waals surface area (Å²) < 4.78 is 21.5. The van der Waals surface area contributed by atoms with Gasteiger partial charge in [-0.1, -0.05) is 20.2 Å². The first-order chi connectivity index (χ1) is 5.43. The topological polar surface area (TPSA) is 40.5 Å². The highest BCUT2D eigenvalue weighted by Crippen LogP contribution is 2.20. The number of aliphatic hydroxyl groups excluding tert-OH is 2. The molecule has 0 aliphatic rings. The first-order valence-electron chi connectivity index (χ1n) is 4.65. The molecule has 0 saturated carbocycles. The minimum absolute atomic E-state index is 0.316. The maximum atomic E-state index is 8.92. The van der Waals surface area contributed by atoms with Crippen LogP contribution >= 0.6 is 0 Å². The molecule has 0 unspecified atom stereocenters. The Kier molecular flexibility index (Phi) is 2.01. The monoisotopic (exact) mass is 135 g/mol. The van der Waals surface area contributed by atoms with Gasteiger partial charge in [-0.05, 0) is 6.42 Å². The van der Waals surface area contributed by atoms with Crippen LogP contribution in [0.1, 0.15) is 30.7 Å². The van der Waals surface area contributed by atoms with Gasteiger partial charge in [0.1, 0.15) is 0 Å². The summed E-state index contributed by atoms with van der Waals surface area (Å²) in [7, 11) is 0. The maximum absolute atomic E-state index is 8.92. The second-order valence-electron chi connectivity index (χ2n) is 2.35. The van der Waals surface area contributed by atoms with Crippen LogP contribution < -0.4 is 0 Å². The summed E-state index contributed by atoms with van der Waals surface area (Å²) in [5.41, 5.74) is -1.32. The summed E-state index contributed by atoms with van der Waals surface area (Å²) >= 11 is 0. The summed E-state index contributed by atoms with van der Waals surface area (Å²) in [4.78, 5) is 0. The van der Waals surface area contributed by atoms with Crippen LogP contribution in [-0.4, -0.2) is 23.4 Å². The number of hydrogen-bond acceptors (Lipinski definition) is 2. The lowest BCUT2D eigenvalue weighted by Gasteiger charge is -2.23. The zero-order valence-electron chi connectivity index (χ0n) is 8.72. The van der Waals surface area contributed by atoms with Gasteiger partial charge in [0.2, 0.25) is 0 Å². The van der Waals surface area contributed by atoms with Gasteiger partial charge in [-0.2, -0.15) is 0 Å². The molecule has 0 aromatic carbocycles. The lowest BCUT2D eigenvalue weighted by molar-refractivity contribution is 0.0622. The van der Waals surface area contributed by atoms with Gasteiger partial charge in [0.05, 0.1) is 13.2 Å². The highest BCUT2D eigenvalue weighted by Gasteiger charge is 2.20. The Morgan fingerprint density at radius 2 is 2.00 bits per heavy atom. The van der Waals surface area contributed by atoms with E-state index in [1.807, 2.05) is 6.92 Å². The first-order valence-corrected chi connectivity index (χ1v) is 3.15. The van der Waals surface area contributed by atoms with Crippen molar-refractivity contribution in [2.75, 3.05) is 13.2 Å². The lowest BCUT2D eigenvalue weighted by Crippen LogP contribution is -2.25. The minimum atomic E-state index is -2.29. The van der Waals surface area contributed by atoms with Crippen molar-refractivity contribution >= 4 is 0 Å². The van der Waals surface area contributed by atoms with Crippen molar-refractivity contribution in [3.8, 4) is 0 Å². The van der Waals surface area contributed by atoms with Crippen molar-refractivity contribution < 1.29 is 14.3 Å². The van der Waals surface area contributed by atoms with Crippen LogP contribution in [0, 0.1) is 5.41 Å². The van der Waals surface area contributed by atoms with Crippen LogP contribution in [0.15, 0.2) is 0 Å². The van der Waals surface area contributed by atoms with Crippen LogP contribution in [0.3, 0.4) is 0 Å². The van der Waals surface area contributed by atoms with E-state index in [4.69, 9.17) is 14.3 Å². The average molecular weight is 135 g/mol. The van der Waals surface area contributed by atoms with Crippen molar-refractivity contribution in [1.29, 1.82) is 0 Å². The summed E-state index contributed by atoms with van der Waals surface area (Å²) in [6.07, 6.45) is 0.954. The average Bonchev–Trinajstić information content (AvgIpc) is 1.98. The molecule has 0 aliphatic carbocycles. The van der Waals surface area contributed by atoms with Crippen LogP contribution in [-0.2, 0) is 0 Å². The molecule has 0 amide bonds. The van der Waals surface area contributed by atoms with Gasteiger partial charge >= 0.3 is 0 Å². The third-order valence-corrected chi connectivity index (χ3v) is 1.33. The highest BCUT2D eigenvalue weighted by atomic mass is 16.3. The number of hydrogen-bond donors (Lipinski definition) is 2. The Bertz CT molecular complexity index is 129. The van der Waals surface area contributed by atoms with Gasteiger partial charge in [-0.25, -0.2) is 0 Å². The maximum Gasteiger partial charge on any atom is 0.0506 e. The van der Waals surface area contributed by atoms with Crippen LogP contribution in [0.25, 0.3) is 0 Å². The summed E-state index contributed by atoms with van der Waals surface area (Å²) in [6.45, 7) is -1.44. The van der Waals surface area contributed by atoms with Gasteiger partial charge in [0, 0.05) is 9.53 Å². The second-order valence-corrected chi connectivity index (χ2v) is 2.35. The van der Waals surface area contributed by atoms with Gasteiger partial charge in [0.15, 0.2) is 0 Å². The van der Waals surface area contributed by atoms with Crippen LogP contribution in [0.4, 0.5) is 0 Å². The van der Waals surface area contributed by atoms with E-state index in [2.05, 4.69) is 0 Å². The van der Waals surface area contributed by atoms with Crippen molar-refractivity contribution in [2.24, 2.45) is 5.41 Å². The third kappa shape index (κ3) is 2.82. The lowest BCUT2D eigenvalue weighted by atomic mass is 9.88. The standard InChI is InChI=1S/C7H16O2/c1-3-4-7(2,5-8)6-9/h8-9H,3-6H2,1-2H3/i2D3. The van der Waals surface area contributed by atoms with E-state index in [9.17, 15) is 0 Å². The zero-order valence-corrected chi connectivity index (χ0v) is 5.72. The smallest absolute Gasteiger partial charge is 0.0506 e. The largest absolute Gasteiger partial charge is 0.396 e. The molecule has 0 rings (SSSR count). The van der Waals surface area contributed by atoms with Crippen LogP contribution in [0.2, 0.25) is 0 Å². The normalized spacial score (nSPS) is 18.3. The Hall–Kier alpha value is -0.0800. The van der Waals surface area contributed by atoms with E-state index < -0.39 is 25.5 Å². The molecule has 0 fully saturated rings. The van der Waals surface area contributed by atoms with Gasteiger partial charge in [0.25, 0.3) is 0 Å². The minimum Gasteiger partial charge on any atom is -0.396 e. The molecule has 0 heterocycles. The van der Waals surface area contributed by atoms with Crippen LogP contribution in [0.5, 0.6) is 0 Å². The first kappa shape index (κ1) is 4.69. The van der Waals surface area contributed by atoms with Gasteiger partial charge in [-0.3, -0.25) is 0 Å². The second kappa shape index (κ2) is 3.85. The fourth-order valence-corrected chi connectivity index (χ4v) is 0.687. The van der Waals surface area contributed by atoms with Gasteiger partial charge in [-0.15, -0.1) is 0 Å². The van der Waals surface area contributed by atoms with Crippen molar-refractivity contribution in [2.45, 2.75) is 26.6 Å². The molecule has 0 aromatic heterocycles. The summed E-state index contributed by atoms with van der Waals surface area (Å²) in [5.74, 6) is 0. The van der Waals surface area contributed by atoms with E-state index in [1.54, 1.807) is 0 Å². The molecular weight excluding hydrogens is 116 g/mol. The van der Waals surface area contributed by atoms with E-state index in [-0.39, 0.29) is 0 Å². The van der Waals surface area contributed by atoms with Crippen molar-refractivity contribution in [3.63, 3.8) is 0 Å². The fourth-order valence-electron chi connectivity index (χ4n) is 0.687. The molecule has 2 nitrogen and oxygen atoms in total. The zero-order chi connectivity index (χ0) is 9.83.